The Labute approximate surface area is 173 Å². The highest BCUT2D eigenvalue weighted by Crippen LogP contribution is 2.23. The molecule has 2 N–H and O–H groups in total. The first-order valence-electron chi connectivity index (χ1n) is 8.63. The molecule has 1 amide bonds. The molecule has 0 aliphatic carbocycles. The van der Waals surface area contributed by atoms with Gasteiger partial charge in [0, 0.05) is 16.3 Å². The largest absolute Gasteiger partial charge is 0.322 e. The zero-order chi connectivity index (χ0) is 21.2. The number of hydrogen-bond donors (Lipinski definition) is 2. The van der Waals surface area contributed by atoms with E-state index in [1.54, 1.807) is 25.1 Å². The Morgan fingerprint density at radius 2 is 1.66 bits per heavy atom. The molecule has 0 radical (unpaired) electrons. The summed E-state index contributed by atoms with van der Waals surface area (Å²) in [6.45, 7) is 3.53. The van der Waals surface area contributed by atoms with Gasteiger partial charge in [0.05, 0.1) is 10.6 Å². The van der Waals surface area contributed by atoms with Gasteiger partial charge in [-0.15, -0.1) is 0 Å². The molecule has 3 aromatic carbocycles. The van der Waals surface area contributed by atoms with E-state index >= 15 is 0 Å². The standard InChI is InChI=1S/C21H18ClFN2O3S/c1-13-8-10-16(29(27,28)25-20-6-4-3-5-19(20)23)12-17(13)21(26)24-15-9-7-14(2)18(22)11-15/h3-12,25H,1-2H3,(H,24,26). The van der Waals surface area contributed by atoms with Crippen molar-refractivity contribution in [3.63, 3.8) is 0 Å². The van der Waals surface area contributed by atoms with Crippen molar-refractivity contribution in [3.05, 3.63) is 88.2 Å². The number of anilines is 2. The summed E-state index contributed by atoms with van der Waals surface area (Å²) < 4.78 is 41.3. The van der Waals surface area contributed by atoms with Crippen LogP contribution in [0.5, 0.6) is 0 Å². The fourth-order valence-corrected chi connectivity index (χ4v) is 3.90. The second kappa shape index (κ2) is 8.23. The highest BCUT2D eigenvalue weighted by atomic mass is 35.5. The van der Waals surface area contributed by atoms with E-state index in [0.717, 1.165) is 11.6 Å². The summed E-state index contributed by atoms with van der Waals surface area (Å²) >= 11 is 6.08. The van der Waals surface area contributed by atoms with Crippen LogP contribution >= 0.6 is 11.6 Å². The van der Waals surface area contributed by atoms with Gasteiger partial charge in [0.25, 0.3) is 15.9 Å². The number of hydrogen-bond acceptors (Lipinski definition) is 3. The van der Waals surface area contributed by atoms with Gasteiger partial charge in [0.2, 0.25) is 0 Å². The number of carbonyl (C=O) groups excluding carboxylic acids is 1. The molecule has 3 aromatic rings. The highest BCUT2D eigenvalue weighted by molar-refractivity contribution is 7.92. The predicted molar refractivity (Wildman–Crippen MR) is 113 cm³/mol. The molecule has 0 heterocycles. The summed E-state index contributed by atoms with van der Waals surface area (Å²) in [5.41, 5.74) is 1.95. The molecular formula is C21H18ClFN2O3S. The SMILES string of the molecule is Cc1ccc(NC(=O)c2cc(S(=O)(=O)Nc3ccccc3F)ccc2C)cc1Cl. The van der Waals surface area contributed by atoms with Crippen LogP contribution in [-0.4, -0.2) is 14.3 Å². The van der Waals surface area contributed by atoms with Gasteiger partial charge in [0.1, 0.15) is 5.82 Å². The van der Waals surface area contributed by atoms with Crippen molar-refractivity contribution in [2.75, 3.05) is 10.0 Å². The fourth-order valence-electron chi connectivity index (χ4n) is 2.63. The lowest BCUT2D eigenvalue weighted by atomic mass is 10.1. The lowest BCUT2D eigenvalue weighted by Gasteiger charge is -2.12. The van der Waals surface area contributed by atoms with E-state index < -0.39 is 21.7 Å². The quantitative estimate of drug-likeness (QED) is 0.585. The summed E-state index contributed by atoms with van der Waals surface area (Å²) in [6, 6.07) is 14.7. The summed E-state index contributed by atoms with van der Waals surface area (Å²) in [5, 5.41) is 3.21. The molecule has 0 aromatic heterocycles. The maximum atomic E-state index is 13.8. The van der Waals surface area contributed by atoms with Crippen LogP contribution in [0.25, 0.3) is 0 Å². The third-order valence-corrected chi connectivity index (χ3v) is 6.08. The second-order valence-electron chi connectivity index (χ2n) is 6.48. The Balaban J connectivity index is 1.89. The Morgan fingerprint density at radius 1 is 0.966 bits per heavy atom. The Hall–Kier alpha value is -2.90. The number of nitrogens with one attached hydrogen (secondary N) is 2. The van der Waals surface area contributed by atoms with Crippen LogP contribution in [-0.2, 0) is 10.0 Å². The van der Waals surface area contributed by atoms with Crippen LogP contribution in [0.2, 0.25) is 5.02 Å². The zero-order valence-electron chi connectivity index (χ0n) is 15.7. The molecule has 0 spiro atoms. The van der Waals surface area contributed by atoms with E-state index in [0.29, 0.717) is 16.3 Å². The van der Waals surface area contributed by atoms with E-state index in [2.05, 4.69) is 10.0 Å². The van der Waals surface area contributed by atoms with Crippen molar-refractivity contribution >= 4 is 38.9 Å². The van der Waals surface area contributed by atoms with Gasteiger partial charge in [-0.2, -0.15) is 0 Å². The van der Waals surface area contributed by atoms with Crippen molar-refractivity contribution in [2.45, 2.75) is 18.7 Å². The van der Waals surface area contributed by atoms with E-state index in [1.165, 1.54) is 36.4 Å². The van der Waals surface area contributed by atoms with E-state index in [4.69, 9.17) is 11.6 Å². The summed E-state index contributed by atoms with van der Waals surface area (Å²) in [6.07, 6.45) is 0. The van der Waals surface area contributed by atoms with Gasteiger partial charge in [-0.25, -0.2) is 12.8 Å². The summed E-state index contributed by atoms with van der Waals surface area (Å²) in [4.78, 5) is 12.5. The van der Waals surface area contributed by atoms with Gasteiger partial charge in [-0.1, -0.05) is 35.9 Å². The molecular weight excluding hydrogens is 415 g/mol. The van der Waals surface area contributed by atoms with Crippen molar-refractivity contribution < 1.29 is 17.6 Å². The Morgan fingerprint density at radius 3 is 2.34 bits per heavy atom. The molecule has 5 nitrogen and oxygen atoms in total. The van der Waals surface area contributed by atoms with Gasteiger partial charge in [-0.05, 0) is 61.4 Å². The number of rotatable bonds is 5. The molecule has 0 saturated carbocycles. The van der Waals surface area contributed by atoms with Gasteiger partial charge < -0.3 is 5.32 Å². The minimum atomic E-state index is -4.08. The normalized spacial score (nSPS) is 11.2. The fraction of sp³-hybridized carbons (Fsp3) is 0.0952. The van der Waals surface area contributed by atoms with Gasteiger partial charge >= 0.3 is 0 Å². The van der Waals surface area contributed by atoms with Crippen LogP contribution in [0.15, 0.2) is 65.6 Å². The molecule has 0 aliphatic rings. The highest BCUT2D eigenvalue weighted by Gasteiger charge is 2.19. The van der Waals surface area contributed by atoms with Crippen LogP contribution in [0.4, 0.5) is 15.8 Å². The third kappa shape index (κ3) is 4.75. The lowest BCUT2D eigenvalue weighted by molar-refractivity contribution is 0.102. The smallest absolute Gasteiger partial charge is 0.262 e. The first-order chi connectivity index (χ1) is 13.7. The maximum Gasteiger partial charge on any atom is 0.262 e. The Kier molecular flexibility index (Phi) is 5.91. The number of sulfonamides is 1. The molecule has 0 saturated heterocycles. The third-order valence-electron chi connectivity index (χ3n) is 4.31. The van der Waals surface area contributed by atoms with Crippen LogP contribution in [0.3, 0.4) is 0 Å². The predicted octanol–water partition coefficient (Wildman–Crippen LogP) is 5.15. The van der Waals surface area contributed by atoms with Crippen LogP contribution in [0.1, 0.15) is 21.5 Å². The summed E-state index contributed by atoms with van der Waals surface area (Å²) in [5.74, 6) is -1.18. The minimum absolute atomic E-state index is 0.154. The Bertz CT molecular complexity index is 1200. The van der Waals surface area contributed by atoms with Gasteiger partial charge in [0.15, 0.2) is 0 Å². The van der Waals surface area contributed by atoms with Crippen molar-refractivity contribution in [3.8, 4) is 0 Å². The number of amides is 1. The van der Waals surface area contributed by atoms with Crippen molar-refractivity contribution in [1.29, 1.82) is 0 Å². The molecule has 8 heteroatoms. The second-order valence-corrected chi connectivity index (χ2v) is 8.57. The number of para-hydroxylation sites is 1. The number of halogens is 2. The average molecular weight is 433 g/mol. The topological polar surface area (TPSA) is 75.3 Å². The molecule has 0 atom stereocenters. The molecule has 0 bridgehead atoms. The first-order valence-corrected chi connectivity index (χ1v) is 10.5. The van der Waals surface area contributed by atoms with Gasteiger partial charge in [-0.3, -0.25) is 9.52 Å². The molecule has 150 valence electrons. The average Bonchev–Trinajstić information content (AvgIpc) is 2.66. The van der Waals surface area contributed by atoms with Crippen molar-refractivity contribution in [2.24, 2.45) is 0 Å². The maximum absolute atomic E-state index is 13.8. The molecule has 29 heavy (non-hydrogen) atoms. The molecule has 0 unspecified atom stereocenters. The number of benzene rings is 3. The van der Waals surface area contributed by atoms with Crippen molar-refractivity contribution in [1.82, 2.24) is 0 Å². The number of aryl methyl sites for hydroxylation is 2. The number of carbonyl (C=O) groups is 1. The first kappa shape index (κ1) is 20.8. The van der Waals surface area contributed by atoms with E-state index in [9.17, 15) is 17.6 Å². The van der Waals surface area contributed by atoms with E-state index in [1.807, 2.05) is 6.92 Å². The van der Waals surface area contributed by atoms with Crippen LogP contribution in [0, 0.1) is 19.7 Å². The molecule has 3 rings (SSSR count). The summed E-state index contributed by atoms with van der Waals surface area (Å²) in [7, 11) is -4.08. The zero-order valence-corrected chi connectivity index (χ0v) is 17.2. The minimum Gasteiger partial charge on any atom is -0.322 e. The molecule has 0 aliphatic heterocycles. The van der Waals surface area contributed by atoms with Crippen LogP contribution < -0.4 is 10.0 Å². The molecule has 0 fully saturated rings. The monoisotopic (exact) mass is 432 g/mol. The lowest BCUT2D eigenvalue weighted by Crippen LogP contribution is -2.17. The van der Waals surface area contributed by atoms with E-state index in [-0.39, 0.29) is 16.1 Å².